The second-order valence-corrected chi connectivity index (χ2v) is 5.85. The Morgan fingerprint density at radius 3 is 2.69 bits per heavy atom. The van der Waals surface area contributed by atoms with Gasteiger partial charge in [-0.05, 0) is 30.3 Å². The number of anilines is 1. The first-order valence-corrected chi connectivity index (χ1v) is 8.31. The van der Waals surface area contributed by atoms with Crippen LogP contribution in [0.15, 0.2) is 47.0 Å². The van der Waals surface area contributed by atoms with Gasteiger partial charge in [0, 0.05) is 24.5 Å². The van der Waals surface area contributed by atoms with E-state index in [2.05, 4.69) is 15.5 Å². The molecule has 0 fully saturated rings. The molecule has 1 amide bonds. The molecule has 0 spiro atoms. The van der Waals surface area contributed by atoms with E-state index in [1.807, 2.05) is 18.2 Å². The number of amides is 1. The number of benzene rings is 2. The van der Waals surface area contributed by atoms with E-state index in [9.17, 15) is 4.79 Å². The van der Waals surface area contributed by atoms with Crippen molar-refractivity contribution in [3.63, 3.8) is 0 Å². The molecule has 0 unspecified atom stereocenters. The number of para-hydroxylation sites is 1. The minimum atomic E-state index is -0.256. The second kappa shape index (κ2) is 6.87. The molecule has 1 aromatic heterocycles. The van der Waals surface area contributed by atoms with Gasteiger partial charge in [0.15, 0.2) is 11.5 Å². The third-order valence-electron chi connectivity index (χ3n) is 3.95. The van der Waals surface area contributed by atoms with E-state index in [1.165, 1.54) is 0 Å². The highest BCUT2D eigenvalue weighted by Gasteiger charge is 2.17. The fraction of sp³-hybridized carbons (Fsp3) is 0.211. The van der Waals surface area contributed by atoms with Crippen molar-refractivity contribution < 1.29 is 18.8 Å². The fourth-order valence-corrected chi connectivity index (χ4v) is 2.69. The summed E-state index contributed by atoms with van der Waals surface area (Å²) < 4.78 is 16.3. The van der Waals surface area contributed by atoms with Crippen molar-refractivity contribution in [2.45, 2.75) is 13.3 Å². The molecule has 1 aliphatic rings. The van der Waals surface area contributed by atoms with Crippen molar-refractivity contribution in [2.24, 2.45) is 0 Å². The Hall–Kier alpha value is -3.35. The van der Waals surface area contributed by atoms with Gasteiger partial charge in [-0.25, -0.2) is 0 Å². The van der Waals surface area contributed by atoms with E-state index in [1.54, 1.807) is 31.2 Å². The van der Waals surface area contributed by atoms with Crippen LogP contribution >= 0.6 is 0 Å². The van der Waals surface area contributed by atoms with E-state index < -0.39 is 0 Å². The lowest BCUT2D eigenvalue weighted by molar-refractivity contribution is 0.102. The van der Waals surface area contributed by atoms with Crippen LogP contribution in [0, 0.1) is 6.92 Å². The average molecular weight is 351 g/mol. The molecule has 132 valence electrons. The zero-order chi connectivity index (χ0) is 17.9. The molecule has 0 bridgehead atoms. The average Bonchev–Trinajstić information content (AvgIpc) is 2.95. The summed E-state index contributed by atoms with van der Waals surface area (Å²) in [7, 11) is 0. The maximum absolute atomic E-state index is 12.7. The number of fused-ring (bicyclic) bond motifs is 1. The van der Waals surface area contributed by atoms with Gasteiger partial charge in [-0.2, -0.15) is 4.98 Å². The Labute approximate surface area is 149 Å². The van der Waals surface area contributed by atoms with Crippen LogP contribution in [-0.2, 0) is 0 Å². The Morgan fingerprint density at radius 2 is 1.88 bits per heavy atom. The van der Waals surface area contributed by atoms with Crippen LogP contribution in [-0.4, -0.2) is 29.3 Å². The van der Waals surface area contributed by atoms with Gasteiger partial charge in [0.2, 0.25) is 11.7 Å². The summed E-state index contributed by atoms with van der Waals surface area (Å²) in [4.78, 5) is 16.9. The largest absolute Gasteiger partial charge is 0.490 e. The lowest BCUT2D eigenvalue weighted by Crippen LogP contribution is -2.13. The maximum Gasteiger partial charge on any atom is 0.255 e. The van der Waals surface area contributed by atoms with E-state index in [4.69, 9.17) is 14.0 Å². The third kappa shape index (κ3) is 3.23. The Kier molecular flexibility index (Phi) is 4.27. The highest BCUT2D eigenvalue weighted by molar-refractivity contribution is 6.06. The number of nitrogens with one attached hydrogen (secondary N) is 1. The minimum Gasteiger partial charge on any atom is -0.490 e. The molecule has 1 aliphatic heterocycles. The molecule has 7 nitrogen and oxygen atoms in total. The molecule has 0 saturated heterocycles. The first-order chi connectivity index (χ1) is 12.7. The molecule has 26 heavy (non-hydrogen) atoms. The number of carbonyl (C=O) groups is 1. The molecule has 4 rings (SSSR count). The summed E-state index contributed by atoms with van der Waals surface area (Å²) in [5.41, 5.74) is 1.77. The van der Waals surface area contributed by atoms with E-state index >= 15 is 0 Å². The second-order valence-electron chi connectivity index (χ2n) is 5.85. The predicted molar refractivity (Wildman–Crippen MR) is 94.5 cm³/mol. The van der Waals surface area contributed by atoms with Gasteiger partial charge in [0.1, 0.15) is 0 Å². The van der Waals surface area contributed by atoms with Gasteiger partial charge in [0.05, 0.1) is 18.9 Å². The van der Waals surface area contributed by atoms with Crippen molar-refractivity contribution in [1.29, 1.82) is 0 Å². The normalized spacial score (nSPS) is 13.1. The van der Waals surface area contributed by atoms with E-state index in [-0.39, 0.29) is 5.91 Å². The molecule has 0 saturated carbocycles. The lowest BCUT2D eigenvalue weighted by atomic mass is 10.1. The molecular weight excluding hydrogens is 334 g/mol. The smallest absolute Gasteiger partial charge is 0.255 e. The Balaban J connectivity index is 1.60. The van der Waals surface area contributed by atoms with Gasteiger partial charge in [-0.3, -0.25) is 4.79 Å². The lowest BCUT2D eigenvalue weighted by Gasteiger charge is -2.11. The van der Waals surface area contributed by atoms with Crippen molar-refractivity contribution in [1.82, 2.24) is 10.1 Å². The van der Waals surface area contributed by atoms with Crippen LogP contribution in [0.2, 0.25) is 0 Å². The zero-order valence-electron chi connectivity index (χ0n) is 14.2. The number of aryl methyl sites for hydroxylation is 1. The van der Waals surface area contributed by atoms with Crippen LogP contribution < -0.4 is 14.8 Å². The van der Waals surface area contributed by atoms with Crippen molar-refractivity contribution in [3.05, 3.63) is 53.9 Å². The van der Waals surface area contributed by atoms with Gasteiger partial charge < -0.3 is 19.3 Å². The fourth-order valence-electron chi connectivity index (χ4n) is 2.69. The van der Waals surface area contributed by atoms with Crippen LogP contribution in [0.1, 0.15) is 22.7 Å². The monoisotopic (exact) mass is 351 g/mol. The van der Waals surface area contributed by atoms with E-state index in [0.717, 1.165) is 6.42 Å². The van der Waals surface area contributed by atoms with Gasteiger partial charge in [-0.15, -0.1) is 0 Å². The quantitative estimate of drug-likeness (QED) is 0.778. The molecule has 2 aromatic carbocycles. The molecule has 0 aliphatic carbocycles. The van der Waals surface area contributed by atoms with Gasteiger partial charge in [0.25, 0.3) is 5.91 Å². The van der Waals surface area contributed by atoms with Crippen LogP contribution in [0.5, 0.6) is 11.5 Å². The van der Waals surface area contributed by atoms with Gasteiger partial charge in [-0.1, -0.05) is 17.3 Å². The summed E-state index contributed by atoms with van der Waals surface area (Å²) in [6.07, 6.45) is 0.813. The van der Waals surface area contributed by atoms with E-state index in [0.29, 0.717) is 53.2 Å². The zero-order valence-corrected chi connectivity index (χ0v) is 14.2. The number of carbonyl (C=O) groups excluding carboxylic acids is 1. The first kappa shape index (κ1) is 16.1. The number of nitrogens with zero attached hydrogens (tertiary/aromatic N) is 2. The highest BCUT2D eigenvalue weighted by Crippen LogP contribution is 2.31. The number of ether oxygens (including phenoxy) is 2. The summed E-state index contributed by atoms with van der Waals surface area (Å²) in [6, 6.07) is 12.5. The van der Waals surface area contributed by atoms with Gasteiger partial charge >= 0.3 is 0 Å². The summed E-state index contributed by atoms with van der Waals surface area (Å²) in [6.45, 7) is 2.89. The first-order valence-electron chi connectivity index (χ1n) is 8.31. The summed E-state index contributed by atoms with van der Waals surface area (Å²) in [5, 5.41) is 6.82. The molecule has 1 N–H and O–H groups in total. The Morgan fingerprint density at radius 1 is 1.08 bits per heavy atom. The predicted octanol–water partition coefficient (Wildman–Crippen LogP) is 3.46. The molecule has 0 atom stereocenters. The molecular formula is C19H17N3O4. The standard InChI is InChI=1S/C19H17N3O4/c1-12-20-18(22-26-12)14-5-2-3-6-15(14)21-19(23)13-7-8-16-17(11-13)25-10-4-9-24-16/h2-3,5-8,11H,4,9-10H2,1H3,(H,21,23). The van der Waals surface area contributed by atoms with Crippen molar-refractivity contribution in [2.75, 3.05) is 18.5 Å². The number of hydrogen-bond donors (Lipinski definition) is 1. The summed E-state index contributed by atoms with van der Waals surface area (Å²) >= 11 is 0. The molecule has 0 radical (unpaired) electrons. The molecule has 7 heteroatoms. The van der Waals surface area contributed by atoms with Crippen molar-refractivity contribution in [3.8, 4) is 22.9 Å². The third-order valence-corrected chi connectivity index (χ3v) is 3.95. The maximum atomic E-state index is 12.7. The SMILES string of the molecule is Cc1nc(-c2ccccc2NC(=O)c2ccc3c(c2)OCCCO3)no1. The minimum absolute atomic E-state index is 0.256. The number of hydrogen-bond acceptors (Lipinski definition) is 6. The summed E-state index contributed by atoms with van der Waals surface area (Å²) in [5.74, 6) is 1.87. The van der Waals surface area contributed by atoms with Crippen LogP contribution in [0.25, 0.3) is 11.4 Å². The number of aromatic nitrogens is 2. The van der Waals surface area contributed by atoms with Crippen LogP contribution in [0.3, 0.4) is 0 Å². The van der Waals surface area contributed by atoms with Crippen molar-refractivity contribution >= 4 is 11.6 Å². The molecule has 2 heterocycles. The Bertz CT molecular complexity index is 951. The highest BCUT2D eigenvalue weighted by atomic mass is 16.5. The van der Waals surface area contributed by atoms with Crippen LogP contribution in [0.4, 0.5) is 5.69 Å². The molecule has 3 aromatic rings. The number of rotatable bonds is 3. The topological polar surface area (TPSA) is 86.5 Å².